The van der Waals surface area contributed by atoms with E-state index in [4.69, 9.17) is 5.11 Å². The van der Waals surface area contributed by atoms with Crippen molar-refractivity contribution in [1.29, 1.82) is 0 Å². The third-order valence-corrected chi connectivity index (χ3v) is 6.74. The van der Waals surface area contributed by atoms with E-state index in [1.165, 1.54) is 5.56 Å². The summed E-state index contributed by atoms with van der Waals surface area (Å²) in [7, 11) is 5.70. The van der Waals surface area contributed by atoms with Gasteiger partial charge in [0.2, 0.25) is 0 Å². The number of hydrogen-bond donors (Lipinski definition) is 3. The Morgan fingerprint density at radius 2 is 1.94 bits per heavy atom. The molecule has 11 heteroatoms. The summed E-state index contributed by atoms with van der Waals surface area (Å²) in [5.41, 5.74) is 3.23. The maximum Gasteiger partial charge on any atom is 0.310 e. The molecule has 0 fully saturated rings. The second-order valence-electron chi connectivity index (χ2n) is 8.93. The van der Waals surface area contributed by atoms with Crippen LogP contribution in [0.5, 0.6) is 0 Å². The predicted molar refractivity (Wildman–Crippen MR) is 149 cm³/mol. The molecular weight excluding hydrogens is 498 g/mol. The molecule has 0 radical (unpaired) electrons. The van der Waals surface area contributed by atoms with Crippen molar-refractivity contribution < 1.29 is 14.8 Å². The first-order chi connectivity index (χ1) is 17.0. The summed E-state index contributed by atoms with van der Waals surface area (Å²) in [6.45, 7) is 7.59. The number of nitrogens with one attached hydrogen (secondary N) is 2. The van der Waals surface area contributed by atoms with Gasteiger partial charge < -0.3 is 20.6 Å². The molecule has 1 unspecified atom stereocenters. The van der Waals surface area contributed by atoms with Crippen molar-refractivity contribution in [1.82, 2.24) is 20.5 Å². The lowest BCUT2D eigenvalue weighted by Gasteiger charge is -2.09. The maximum atomic E-state index is 10.8. The molecule has 2 rings (SSSR count). The van der Waals surface area contributed by atoms with E-state index >= 15 is 0 Å². The fourth-order valence-electron chi connectivity index (χ4n) is 3.05. The van der Waals surface area contributed by atoms with Gasteiger partial charge in [-0.1, -0.05) is 38.1 Å². The molecule has 3 N–H and O–H groups in total. The first-order valence-electron chi connectivity index (χ1n) is 11.8. The SMILES string of the molecule is CC(C)Cc1ccc(C(C)C(=O)O)cc1.CN/C(=C\[N+](=O)[O-])NCCSCc1csc(CN(C)C)n1. The minimum atomic E-state index is -0.772. The number of nitro groups is 1. The van der Waals surface area contributed by atoms with Gasteiger partial charge in [0.25, 0.3) is 6.20 Å². The van der Waals surface area contributed by atoms with E-state index in [0.29, 0.717) is 18.3 Å². The minimum absolute atomic E-state index is 0.418. The van der Waals surface area contributed by atoms with E-state index in [1.807, 2.05) is 38.4 Å². The molecular formula is C25H39N5O4S2. The molecule has 200 valence electrons. The Balaban J connectivity index is 0.000000381. The highest BCUT2D eigenvalue weighted by Gasteiger charge is 2.13. The number of rotatable bonds is 14. The number of carbonyl (C=O) groups is 1. The third-order valence-electron chi connectivity index (χ3n) is 4.86. The Labute approximate surface area is 222 Å². The number of benzene rings is 1. The molecule has 0 bridgehead atoms. The topological polar surface area (TPSA) is 121 Å². The predicted octanol–water partition coefficient (Wildman–Crippen LogP) is 4.40. The minimum Gasteiger partial charge on any atom is -0.481 e. The van der Waals surface area contributed by atoms with Gasteiger partial charge >= 0.3 is 5.97 Å². The van der Waals surface area contributed by atoms with Crippen molar-refractivity contribution in [2.75, 3.05) is 33.4 Å². The molecule has 0 spiro atoms. The molecule has 0 aliphatic rings. The van der Waals surface area contributed by atoms with Crippen LogP contribution in [0, 0.1) is 16.0 Å². The lowest BCUT2D eigenvalue weighted by Crippen LogP contribution is -2.26. The second-order valence-corrected chi connectivity index (χ2v) is 11.0. The fraction of sp³-hybridized carbons (Fsp3) is 0.520. The van der Waals surface area contributed by atoms with Crippen molar-refractivity contribution in [3.8, 4) is 0 Å². The molecule has 0 saturated carbocycles. The van der Waals surface area contributed by atoms with Gasteiger partial charge in [0.15, 0.2) is 5.82 Å². The van der Waals surface area contributed by atoms with Crippen LogP contribution in [0.25, 0.3) is 0 Å². The second kappa shape index (κ2) is 16.9. The third kappa shape index (κ3) is 13.5. The largest absolute Gasteiger partial charge is 0.481 e. The summed E-state index contributed by atoms with van der Waals surface area (Å²) < 4.78 is 0. The molecule has 0 aliphatic carbocycles. The van der Waals surface area contributed by atoms with E-state index in [1.54, 1.807) is 37.1 Å². The number of thioether (sulfide) groups is 1. The Morgan fingerprint density at radius 3 is 2.47 bits per heavy atom. The van der Waals surface area contributed by atoms with E-state index in [0.717, 1.165) is 46.9 Å². The van der Waals surface area contributed by atoms with Crippen LogP contribution < -0.4 is 10.6 Å². The standard InChI is InChI=1S/C13H18O2.C12H21N5O2S2/c1-9(2)8-11-4-6-12(7-5-11)10(3)13(14)15;1-13-11(6-17(18)19)14-4-5-20-8-10-9-21-12(15-10)7-16(2)3/h4-7,9-10H,8H2,1-3H3,(H,14,15);6,9,13-14H,4-5,7-8H2,1-3H3/b;11-6+. The van der Waals surface area contributed by atoms with Crippen molar-refractivity contribution in [2.24, 2.45) is 5.92 Å². The summed E-state index contributed by atoms with van der Waals surface area (Å²) >= 11 is 3.43. The van der Waals surface area contributed by atoms with Gasteiger partial charge in [0.1, 0.15) is 5.01 Å². The molecule has 9 nitrogen and oxygen atoms in total. The number of aliphatic carboxylic acids is 1. The quantitative estimate of drug-likeness (QED) is 0.183. The van der Waals surface area contributed by atoms with Crippen LogP contribution in [0.2, 0.25) is 0 Å². The molecule has 0 amide bonds. The number of aromatic nitrogens is 1. The van der Waals surface area contributed by atoms with Gasteiger partial charge in [0.05, 0.1) is 16.5 Å². The van der Waals surface area contributed by atoms with Crippen LogP contribution in [-0.2, 0) is 23.5 Å². The summed E-state index contributed by atoms with van der Waals surface area (Å²) in [5, 5.41) is 28.1. The highest BCUT2D eigenvalue weighted by atomic mass is 32.2. The van der Waals surface area contributed by atoms with E-state index in [9.17, 15) is 14.9 Å². The summed E-state index contributed by atoms with van der Waals surface area (Å²) in [6.07, 6.45) is 1.97. The normalized spacial score (nSPS) is 12.2. The number of carboxylic acids is 1. The smallest absolute Gasteiger partial charge is 0.310 e. The first-order valence-corrected chi connectivity index (χ1v) is 13.8. The number of nitrogens with zero attached hydrogens (tertiary/aromatic N) is 3. The summed E-state index contributed by atoms with van der Waals surface area (Å²) in [4.78, 5) is 27.3. The van der Waals surface area contributed by atoms with Gasteiger partial charge in [-0.25, -0.2) is 4.98 Å². The average molecular weight is 538 g/mol. The number of thiazole rings is 1. The molecule has 2 aromatic rings. The van der Waals surface area contributed by atoms with Gasteiger partial charge in [-0.05, 0) is 44.5 Å². The average Bonchev–Trinajstić information content (AvgIpc) is 3.24. The summed E-state index contributed by atoms with van der Waals surface area (Å²) in [5.74, 6) is 1.58. The number of hydrogen-bond acceptors (Lipinski definition) is 9. The van der Waals surface area contributed by atoms with Crippen molar-refractivity contribution in [3.05, 3.63) is 73.6 Å². The van der Waals surface area contributed by atoms with Crippen LogP contribution in [0.3, 0.4) is 0 Å². The van der Waals surface area contributed by atoms with E-state index in [-0.39, 0.29) is 0 Å². The molecule has 1 heterocycles. The molecule has 0 saturated heterocycles. The van der Waals surface area contributed by atoms with Crippen molar-refractivity contribution in [2.45, 2.75) is 45.4 Å². The van der Waals surface area contributed by atoms with Gasteiger partial charge in [-0.15, -0.1) is 11.3 Å². The Morgan fingerprint density at radius 1 is 1.28 bits per heavy atom. The van der Waals surface area contributed by atoms with Crippen LogP contribution in [0.1, 0.15) is 48.5 Å². The monoisotopic (exact) mass is 537 g/mol. The zero-order chi connectivity index (χ0) is 27.1. The zero-order valence-corrected chi connectivity index (χ0v) is 23.6. The van der Waals surface area contributed by atoms with Crippen LogP contribution in [0.4, 0.5) is 0 Å². The lowest BCUT2D eigenvalue weighted by atomic mass is 9.97. The maximum absolute atomic E-state index is 10.8. The van der Waals surface area contributed by atoms with Crippen LogP contribution >= 0.6 is 23.1 Å². The highest BCUT2D eigenvalue weighted by molar-refractivity contribution is 7.98. The van der Waals surface area contributed by atoms with E-state index in [2.05, 4.69) is 39.7 Å². The summed E-state index contributed by atoms with van der Waals surface area (Å²) in [6, 6.07) is 7.87. The highest BCUT2D eigenvalue weighted by Crippen LogP contribution is 2.18. The van der Waals surface area contributed by atoms with Gasteiger partial charge in [0, 0.05) is 37.0 Å². The fourth-order valence-corrected chi connectivity index (χ4v) is 4.82. The van der Waals surface area contributed by atoms with Gasteiger partial charge in [-0.3, -0.25) is 14.9 Å². The Kier molecular flexibility index (Phi) is 14.8. The van der Waals surface area contributed by atoms with E-state index < -0.39 is 16.8 Å². The van der Waals surface area contributed by atoms with Crippen molar-refractivity contribution >= 4 is 29.1 Å². The van der Waals surface area contributed by atoms with Crippen LogP contribution in [-0.4, -0.2) is 59.3 Å². The molecule has 1 atom stereocenters. The molecule has 0 aliphatic heterocycles. The molecule has 1 aromatic heterocycles. The number of carboxylic acid groups (broad SMARTS) is 1. The zero-order valence-electron chi connectivity index (χ0n) is 22.0. The first kappa shape index (κ1) is 31.4. The molecule has 36 heavy (non-hydrogen) atoms. The van der Waals surface area contributed by atoms with Crippen molar-refractivity contribution in [3.63, 3.8) is 0 Å². The van der Waals surface area contributed by atoms with Crippen LogP contribution in [0.15, 0.2) is 41.7 Å². The Hall–Kier alpha value is -2.63. The Bertz CT molecular complexity index is 962. The van der Waals surface area contributed by atoms with Gasteiger partial charge in [-0.2, -0.15) is 11.8 Å². The lowest BCUT2D eigenvalue weighted by molar-refractivity contribution is -0.404. The molecule has 1 aromatic carbocycles.